The van der Waals surface area contributed by atoms with Crippen LogP contribution < -0.4 is 10.6 Å². The number of hydrogen-bond donors (Lipinski definition) is 2. The van der Waals surface area contributed by atoms with Crippen LogP contribution in [-0.4, -0.2) is 27.3 Å². The fourth-order valence-corrected chi connectivity index (χ4v) is 4.08. The Balaban J connectivity index is 1.51. The first-order chi connectivity index (χ1) is 13.6. The second-order valence-corrected chi connectivity index (χ2v) is 8.36. The number of anilines is 2. The summed E-state index contributed by atoms with van der Waals surface area (Å²) in [5, 5.41) is 10.1. The van der Waals surface area contributed by atoms with E-state index in [1.54, 1.807) is 40.8 Å². The third-order valence-electron chi connectivity index (χ3n) is 4.31. The van der Waals surface area contributed by atoms with Crippen molar-refractivity contribution < 1.29 is 9.59 Å². The number of nitrogens with zero attached hydrogens (tertiary/aromatic N) is 2. The average Bonchev–Trinajstić information content (AvgIpc) is 3.01. The van der Waals surface area contributed by atoms with Gasteiger partial charge in [0.1, 0.15) is 5.82 Å². The van der Waals surface area contributed by atoms with Gasteiger partial charge in [-0.15, -0.1) is 11.8 Å². The van der Waals surface area contributed by atoms with Gasteiger partial charge in [-0.05, 0) is 35.9 Å². The lowest BCUT2D eigenvalue weighted by Gasteiger charge is -2.11. The van der Waals surface area contributed by atoms with Gasteiger partial charge in [-0.25, -0.2) is 4.68 Å². The van der Waals surface area contributed by atoms with Crippen molar-refractivity contribution in [2.45, 2.75) is 17.9 Å². The van der Waals surface area contributed by atoms with Gasteiger partial charge in [-0.2, -0.15) is 5.10 Å². The van der Waals surface area contributed by atoms with Crippen molar-refractivity contribution in [3.8, 4) is 0 Å². The van der Waals surface area contributed by atoms with E-state index in [0.29, 0.717) is 30.0 Å². The number of thioether (sulfide) groups is 1. The number of carbonyl (C=O) groups is 2. The summed E-state index contributed by atoms with van der Waals surface area (Å²) in [4.78, 5) is 25.5. The Hall–Kier alpha value is -2.58. The smallest absolute Gasteiger partial charge is 0.256 e. The molecule has 0 bridgehead atoms. The maximum atomic E-state index is 12.7. The highest BCUT2D eigenvalue weighted by Gasteiger charge is 2.16. The Morgan fingerprint density at radius 3 is 2.86 bits per heavy atom. The van der Waals surface area contributed by atoms with Crippen LogP contribution in [0.4, 0.5) is 11.5 Å². The summed E-state index contributed by atoms with van der Waals surface area (Å²) in [6, 6.07) is 15.1. The molecule has 0 fully saturated rings. The van der Waals surface area contributed by atoms with Gasteiger partial charge in [0.25, 0.3) is 5.91 Å². The minimum Gasteiger partial charge on any atom is -0.325 e. The van der Waals surface area contributed by atoms with Gasteiger partial charge < -0.3 is 10.6 Å². The van der Waals surface area contributed by atoms with E-state index in [1.165, 1.54) is 0 Å². The minimum atomic E-state index is -0.246. The van der Waals surface area contributed by atoms with Gasteiger partial charge in [0.15, 0.2) is 0 Å². The third kappa shape index (κ3) is 4.28. The van der Waals surface area contributed by atoms with E-state index in [1.807, 2.05) is 30.3 Å². The highest BCUT2D eigenvalue weighted by Crippen LogP contribution is 2.31. The second-order valence-electron chi connectivity index (χ2n) is 6.31. The van der Waals surface area contributed by atoms with Crippen LogP contribution in [-0.2, 0) is 11.3 Å². The Labute approximate surface area is 174 Å². The number of amides is 2. The van der Waals surface area contributed by atoms with Crippen LogP contribution in [0.25, 0.3) is 0 Å². The summed E-state index contributed by atoms with van der Waals surface area (Å²) >= 11 is 5.04. The molecule has 1 aliphatic heterocycles. The van der Waals surface area contributed by atoms with E-state index in [0.717, 1.165) is 20.7 Å². The van der Waals surface area contributed by atoms with Gasteiger partial charge >= 0.3 is 0 Å². The van der Waals surface area contributed by atoms with Crippen molar-refractivity contribution in [1.82, 2.24) is 9.78 Å². The van der Waals surface area contributed by atoms with Crippen LogP contribution in [0.5, 0.6) is 0 Å². The molecule has 0 aliphatic carbocycles. The molecule has 2 N–H and O–H groups in total. The summed E-state index contributed by atoms with van der Waals surface area (Å²) < 4.78 is 2.75. The quantitative estimate of drug-likeness (QED) is 0.610. The fourth-order valence-electron chi connectivity index (χ4n) is 2.88. The molecular weight excluding hydrogens is 440 g/mol. The number of fused-ring (bicyclic) bond motifs is 1. The van der Waals surface area contributed by atoms with Crippen molar-refractivity contribution in [3.05, 3.63) is 70.3 Å². The number of hydrogen-bond acceptors (Lipinski definition) is 4. The monoisotopic (exact) mass is 456 g/mol. The third-order valence-corrected chi connectivity index (χ3v) is 5.91. The Kier molecular flexibility index (Phi) is 5.50. The molecule has 2 aromatic carbocycles. The topological polar surface area (TPSA) is 76.0 Å². The zero-order valence-corrected chi connectivity index (χ0v) is 17.2. The first kappa shape index (κ1) is 18.8. The molecule has 142 valence electrons. The van der Waals surface area contributed by atoms with Gasteiger partial charge in [0.2, 0.25) is 5.91 Å². The average molecular weight is 457 g/mol. The fraction of sp³-hybridized carbons (Fsp3) is 0.150. The number of benzene rings is 2. The van der Waals surface area contributed by atoms with Crippen molar-refractivity contribution in [2.75, 3.05) is 16.4 Å². The van der Waals surface area contributed by atoms with Crippen LogP contribution in [0.3, 0.4) is 0 Å². The summed E-state index contributed by atoms with van der Waals surface area (Å²) in [6.07, 6.45) is 2.12. The number of aromatic nitrogens is 2. The molecule has 0 spiro atoms. The number of halogens is 1. The second kappa shape index (κ2) is 8.20. The van der Waals surface area contributed by atoms with Crippen LogP contribution in [0.15, 0.2) is 64.1 Å². The van der Waals surface area contributed by atoms with E-state index in [-0.39, 0.29) is 11.8 Å². The molecule has 6 nitrogen and oxygen atoms in total. The molecule has 0 radical (unpaired) electrons. The highest BCUT2D eigenvalue weighted by atomic mass is 79.9. The molecule has 1 aromatic heterocycles. The van der Waals surface area contributed by atoms with E-state index in [9.17, 15) is 9.59 Å². The molecule has 2 amide bonds. The minimum absolute atomic E-state index is 0.0311. The van der Waals surface area contributed by atoms with Crippen LogP contribution in [0, 0.1) is 0 Å². The molecule has 0 atom stereocenters. The van der Waals surface area contributed by atoms with Gasteiger partial charge in [0.05, 0.1) is 18.4 Å². The Morgan fingerprint density at radius 2 is 2.04 bits per heavy atom. The predicted octanol–water partition coefficient (Wildman–Crippen LogP) is 4.38. The lowest BCUT2D eigenvalue weighted by molar-refractivity contribution is -0.115. The van der Waals surface area contributed by atoms with Crippen LogP contribution in [0.1, 0.15) is 22.3 Å². The number of nitrogens with one attached hydrogen (secondary N) is 2. The first-order valence-corrected chi connectivity index (χ1v) is 10.5. The lowest BCUT2D eigenvalue weighted by atomic mass is 10.2. The molecule has 28 heavy (non-hydrogen) atoms. The Bertz CT molecular complexity index is 1030. The molecule has 4 rings (SSSR count). The number of rotatable bonds is 4. The summed E-state index contributed by atoms with van der Waals surface area (Å²) in [7, 11) is 0. The zero-order valence-electron chi connectivity index (χ0n) is 14.8. The molecule has 0 saturated carbocycles. The van der Waals surface area contributed by atoms with E-state index < -0.39 is 0 Å². The van der Waals surface area contributed by atoms with E-state index in [4.69, 9.17) is 0 Å². The first-order valence-electron chi connectivity index (χ1n) is 8.73. The largest absolute Gasteiger partial charge is 0.325 e. The summed E-state index contributed by atoms with van der Waals surface area (Å²) in [5.41, 5.74) is 2.24. The van der Waals surface area contributed by atoms with Crippen molar-refractivity contribution >= 4 is 51.0 Å². The van der Waals surface area contributed by atoms with Gasteiger partial charge in [-0.3, -0.25) is 9.59 Å². The predicted molar refractivity (Wildman–Crippen MR) is 114 cm³/mol. The maximum absolute atomic E-state index is 12.7. The molecule has 2 heterocycles. The highest BCUT2D eigenvalue weighted by molar-refractivity contribution is 9.10. The van der Waals surface area contributed by atoms with Crippen molar-refractivity contribution in [1.29, 1.82) is 0 Å². The summed E-state index contributed by atoms with van der Waals surface area (Å²) in [5.74, 6) is 1.07. The standard InChI is InChI=1S/C20H17BrN4O2S/c21-15-4-1-13(2-5-15)12-25-18(7-9-22-25)24-20(27)14-3-6-17-16(11-14)23-19(26)8-10-28-17/h1-7,9,11H,8,10,12H2,(H,23,26)(H,24,27). The van der Waals surface area contributed by atoms with Gasteiger partial charge in [0, 0.05) is 33.2 Å². The lowest BCUT2D eigenvalue weighted by Crippen LogP contribution is -2.17. The molecule has 3 aromatic rings. The van der Waals surface area contributed by atoms with Crippen LogP contribution in [0.2, 0.25) is 0 Å². The molecular formula is C20H17BrN4O2S. The Morgan fingerprint density at radius 1 is 1.21 bits per heavy atom. The normalized spacial score (nSPS) is 13.4. The van der Waals surface area contributed by atoms with Crippen molar-refractivity contribution in [2.24, 2.45) is 0 Å². The zero-order chi connectivity index (χ0) is 19.5. The van der Waals surface area contributed by atoms with E-state index in [2.05, 4.69) is 31.7 Å². The van der Waals surface area contributed by atoms with E-state index >= 15 is 0 Å². The summed E-state index contributed by atoms with van der Waals surface area (Å²) in [6.45, 7) is 0.548. The molecule has 0 unspecified atom stereocenters. The maximum Gasteiger partial charge on any atom is 0.256 e. The molecule has 8 heteroatoms. The van der Waals surface area contributed by atoms with Crippen molar-refractivity contribution in [3.63, 3.8) is 0 Å². The van der Waals surface area contributed by atoms with Gasteiger partial charge in [-0.1, -0.05) is 28.1 Å². The molecule has 0 saturated heterocycles. The molecule has 1 aliphatic rings. The van der Waals surface area contributed by atoms with Crippen LogP contribution >= 0.6 is 27.7 Å². The SMILES string of the molecule is O=C1CCSc2ccc(C(=O)Nc3ccnn3Cc3ccc(Br)cc3)cc2N1. The number of carbonyl (C=O) groups excluding carboxylic acids is 2.